The van der Waals surface area contributed by atoms with E-state index in [1.165, 1.54) is 32.2 Å². The summed E-state index contributed by atoms with van der Waals surface area (Å²) in [6.45, 7) is 7.10. The molecule has 4 aliphatic rings. The monoisotopic (exact) mass is 350 g/mol. The van der Waals surface area contributed by atoms with Crippen LogP contribution in [0, 0.1) is 17.3 Å². The second-order valence-electron chi connectivity index (χ2n) is 8.80. The van der Waals surface area contributed by atoms with Gasteiger partial charge in [-0.3, -0.25) is 4.79 Å². The summed E-state index contributed by atoms with van der Waals surface area (Å²) in [6.07, 6.45) is 9.42. The maximum absolute atomic E-state index is 12.0. The molecule has 4 fully saturated rings. The summed E-state index contributed by atoms with van der Waals surface area (Å²) in [4.78, 5) is 14.7. The van der Waals surface area contributed by atoms with Crippen LogP contribution < -0.4 is 5.32 Å². The van der Waals surface area contributed by atoms with E-state index in [0.29, 0.717) is 12.0 Å². The topological polar surface area (TPSA) is 50.8 Å². The maximum atomic E-state index is 12.0. The van der Waals surface area contributed by atoms with Crippen LogP contribution in [0.1, 0.15) is 51.4 Å². The Balaban J connectivity index is 1.28. The summed E-state index contributed by atoms with van der Waals surface area (Å²) in [6, 6.07) is 0. The zero-order valence-corrected chi connectivity index (χ0v) is 15.5. The number of amides is 1. The molecule has 1 aliphatic carbocycles. The van der Waals surface area contributed by atoms with Gasteiger partial charge in [-0.1, -0.05) is 0 Å². The number of carbonyl (C=O) groups is 1. The Morgan fingerprint density at radius 3 is 2.72 bits per heavy atom. The highest BCUT2D eigenvalue weighted by Crippen LogP contribution is 2.43. The van der Waals surface area contributed by atoms with E-state index in [-0.39, 0.29) is 11.3 Å². The van der Waals surface area contributed by atoms with Gasteiger partial charge in [0, 0.05) is 57.8 Å². The van der Waals surface area contributed by atoms with Gasteiger partial charge in [-0.05, 0) is 56.8 Å². The predicted octanol–water partition coefficient (Wildman–Crippen LogP) is 2.20. The number of hydrogen-bond donors (Lipinski definition) is 1. The third-order valence-electron chi connectivity index (χ3n) is 6.82. The first-order valence-corrected chi connectivity index (χ1v) is 10.4. The number of nitrogens with one attached hydrogen (secondary N) is 1. The van der Waals surface area contributed by atoms with Gasteiger partial charge < -0.3 is 19.7 Å². The van der Waals surface area contributed by atoms with Crippen LogP contribution in [0.5, 0.6) is 0 Å². The lowest BCUT2D eigenvalue weighted by atomic mass is 9.73. The van der Waals surface area contributed by atoms with Gasteiger partial charge in [-0.15, -0.1) is 0 Å². The minimum atomic E-state index is 0.254. The zero-order valence-electron chi connectivity index (χ0n) is 15.5. The zero-order chi connectivity index (χ0) is 17.1. The summed E-state index contributed by atoms with van der Waals surface area (Å²) < 4.78 is 11.6. The van der Waals surface area contributed by atoms with E-state index in [9.17, 15) is 4.79 Å². The van der Waals surface area contributed by atoms with Gasteiger partial charge in [0.2, 0.25) is 5.91 Å². The molecule has 0 aromatic carbocycles. The number of hydrogen-bond acceptors (Lipinski definition) is 4. The minimum absolute atomic E-state index is 0.254. The number of carbonyl (C=O) groups excluding carboxylic acids is 1. The van der Waals surface area contributed by atoms with Crippen LogP contribution in [0.2, 0.25) is 0 Å². The largest absolute Gasteiger partial charge is 0.381 e. The molecule has 0 aromatic rings. The molecule has 0 unspecified atom stereocenters. The van der Waals surface area contributed by atoms with Crippen LogP contribution in [0.4, 0.5) is 0 Å². The maximum Gasteiger partial charge on any atom is 0.220 e. The van der Waals surface area contributed by atoms with Crippen molar-refractivity contribution in [1.29, 1.82) is 0 Å². The van der Waals surface area contributed by atoms with Gasteiger partial charge in [-0.25, -0.2) is 0 Å². The van der Waals surface area contributed by atoms with Gasteiger partial charge >= 0.3 is 0 Å². The molecule has 3 aliphatic heterocycles. The molecular formula is C20H34N2O3. The fraction of sp³-hybridized carbons (Fsp3) is 0.950. The molecule has 0 aromatic heterocycles. The fourth-order valence-electron chi connectivity index (χ4n) is 5.06. The number of piperidine rings is 1. The lowest BCUT2D eigenvalue weighted by Crippen LogP contribution is -2.52. The van der Waals surface area contributed by atoms with Crippen LogP contribution in [0.3, 0.4) is 0 Å². The van der Waals surface area contributed by atoms with Crippen LogP contribution in [0.15, 0.2) is 0 Å². The van der Waals surface area contributed by atoms with Crippen LogP contribution in [0.25, 0.3) is 0 Å². The Kier molecular flexibility index (Phi) is 5.63. The van der Waals surface area contributed by atoms with Gasteiger partial charge in [0.05, 0.1) is 6.10 Å². The molecule has 0 radical (unpaired) electrons. The summed E-state index contributed by atoms with van der Waals surface area (Å²) in [5, 5.41) is 3.18. The smallest absolute Gasteiger partial charge is 0.220 e. The van der Waals surface area contributed by atoms with Crippen LogP contribution >= 0.6 is 0 Å². The van der Waals surface area contributed by atoms with Crippen molar-refractivity contribution in [2.45, 2.75) is 57.5 Å². The van der Waals surface area contributed by atoms with E-state index in [1.54, 1.807) is 0 Å². The molecule has 25 heavy (non-hydrogen) atoms. The molecule has 3 heterocycles. The van der Waals surface area contributed by atoms with Gasteiger partial charge in [0.1, 0.15) is 0 Å². The number of likely N-dealkylation sites (tertiary alicyclic amines) is 1. The lowest BCUT2D eigenvalue weighted by molar-refractivity contribution is -0.121. The Hall–Kier alpha value is -0.650. The third kappa shape index (κ3) is 4.55. The second-order valence-corrected chi connectivity index (χ2v) is 8.80. The van der Waals surface area contributed by atoms with E-state index in [1.807, 2.05) is 0 Å². The normalized spacial score (nSPS) is 34.0. The van der Waals surface area contributed by atoms with Crippen molar-refractivity contribution in [2.24, 2.45) is 17.3 Å². The van der Waals surface area contributed by atoms with Crippen molar-refractivity contribution >= 4 is 5.91 Å². The molecule has 1 amide bonds. The summed E-state index contributed by atoms with van der Waals surface area (Å²) in [5.41, 5.74) is 0.260. The van der Waals surface area contributed by atoms with Gasteiger partial charge in [0.15, 0.2) is 0 Å². The van der Waals surface area contributed by atoms with Gasteiger partial charge in [-0.2, -0.15) is 0 Å². The standard InChI is InChI=1S/C20H34N2O3/c23-19(13-16-1-2-16)21-8-6-20-7-12-25-18(20)3-9-22(15-20)14-17-4-10-24-11-5-17/h16-18H,1-15H2,(H,21,23)/t18-,20+/m1/s1. The average Bonchev–Trinajstić information content (AvgIpc) is 3.32. The predicted molar refractivity (Wildman–Crippen MR) is 96.4 cm³/mol. The summed E-state index contributed by atoms with van der Waals surface area (Å²) in [5.74, 6) is 1.72. The molecule has 5 nitrogen and oxygen atoms in total. The van der Waals surface area contributed by atoms with Crippen molar-refractivity contribution < 1.29 is 14.3 Å². The third-order valence-corrected chi connectivity index (χ3v) is 6.82. The lowest BCUT2D eigenvalue weighted by Gasteiger charge is -2.45. The molecule has 3 saturated heterocycles. The molecule has 142 valence electrons. The number of fused-ring (bicyclic) bond motifs is 1. The van der Waals surface area contributed by atoms with Crippen molar-refractivity contribution in [2.75, 3.05) is 46.0 Å². The van der Waals surface area contributed by atoms with E-state index < -0.39 is 0 Å². The minimum Gasteiger partial charge on any atom is -0.381 e. The van der Waals surface area contributed by atoms with Gasteiger partial charge in [0.25, 0.3) is 0 Å². The molecule has 0 bridgehead atoms. The van der Waals surface area contributed by atoms with Crippen LogP contribution in [-0.4, -0.2) is 62.9 Å². The van der Waals surface area contributed by atoms with Crippen LogP contribution in [-0.2, 0) is 14.3 Å². The first-order valence-electron chi connectivity index (χ1n) is 10.4. The molecular weight excluding hydrogens is 316 g/mol. The van der Waals surface area contributed by atoms with Crippen molar-refractivity contribution in [1.82, 2.24) is 10.2 Å². The number of rotatable bonds is 7. The van der Waals surface area contributed by atoms with E-state index >= 15 is 0 Å². The Morgan fingerprint density at radius 1 is 1.08 bits per heavy atom. The first-order chi connectivity index (χ1) is 12.2. The fourth-order valence-corrected chi connectivity index (χ4v) is 5.06. The number of ether oxygens (including phenoxy) is 2. The quantitative estimate of drug-likeness (QED) is 0.765. The van der Waals surface area contributed by atoms with E-state index in [2.05, 4.69) is 10.2 Å². The van der Waals surface area contributed by atoms with Crippen molar-refractivity contribution in [3.05, 3.63) is 0 Å². The Bertz CT molecular complexity index is 462. The molecule has 1 N–H and O–H groups in total. The van der Waals surface area contributed by atoms with Crippen molar-refractivity contribution in [3.63, 3.8) is 0 Å². The highest BCUT2D eigenvalue weighted by atomic mass is 16.5. The molecule has 0 spiro atoms. The number of nitrogens with zero attached hydrogens (tertiary/aromatic N) is 1. The molecule has 4 rings (SSSR count). The molecule has 2 atom stereocenters. The summed E-state index contributed by atoms with van der Waals surface area (Å²) >= 11 is 0. The highest BCUT2D eigenvalue weighted by molar-refractivity contribution is 5.76. The second kappa shape index (κ2) is 7.93. The molecule has 5 heteroatoms. The SMILES string of the molecule is O=C(CC1CC1)NCC[C@@]12CCO[C@@H]1CCN(CC1CCOCC1)C2. The first kappa shape index (κ1) is 17.7. The Morgan fingerprint density at radius 2 is 1.92 bits per heavy atom. The highest BCUT2D eigenvalue weighted by Gasteiger charge is 2.47. The van der Waals surface area contributed by atoms with Crippen molar-refractivity contribution in [3.8, 4) is 0 Å². The molecule has 1 saturated carbocycles. The summed E-state index contributed by atoms with van der Waals surface area (Å²) in [7, 11) is 0. The Labute approximate surface area is 151 Å². The average molecular weight is 351 g/mol. The van der Waals surface area contributed by atoms with E-state index in [4.69, 9.17) is 9.47 Å². The van der Waals surface area contributed by atoms with E-state index in [0.717, 1.165) is 71.1 Å².